The van der Waals surface area contributed by atoms with Crippen molar-refractivity contribution in [2.24, 2.45) is 11.8 Å². The van der Waals surface area contributed by atoms with Crippen LogP contribution in [-0.4, -0.2) is 75.3 Å². The topological polar surface area (TPSA) is 67.4 Å². The van der Waals surface area contributed by atoms with Gasteiger partial charge in [0.15, 0.2) is 0 Å². The normalized spacial score (nSPS) is 10.0. The summed E-state index contributed by atoms with van der Waals surface area (Å²) in [6.45, 7) is 12.5. The molecule has 0 aliphatic heterocycles. The molecule has 0 spiro atoms. The Bertz CT molecular complexity index is 374. The van der Waals surface area contributed by atoms with Gasteiger partial charge in [-0.15, -0.1) is 6.58 Å². The van der Waals surface area contributed by atoms with Crippen LogP contribution >= 0.6 is 0 Å². The van der Waals surface area contributed by atoms with Crippen LogP contribution in [0.5, 0.6) is 0 Å². The number of nitrogens with zero attached hydrogens (tertiary/aromatic N) is 2. The van der Waals surface area contributed by atoms with Gasteiger partial charge in [-0.1, -0.05) is 33.8 Å². The molecule has 0 saturated carbocycles. The molecule has 0 bridgehead atoms. The second-order valence-electron chi connectivity index (χ2n) is 8.88. The lowest BCUT2D eigenvalue weighted by Crippen LogP contribution is -3.00. The highest BCUT2D eigenvalue weighted by Crippen LogP contribution is 2.05. The van der Waals surface area contributed by atoms with Gasteiger partial charge in [0.1, 0.15) is 11.6 Å². The minimum absolute atomic E-state index is 0. The average Bonchev–Trinajstić information content (AvgIpc) is 2.47. The lowest BCUT2D eigenvalue weighted by molar-refractivity contribution is -0.870. The van der Waals surface area contributed by atoms with Crippen molar-refractivity contribution in [3.63, 3.8) is 0 Å². The number of carbonyl (C=O) groups is 2. The molecule has 0 heterocycles. The number of hydrogen-bond donors (Lipinski definition) is 0. The lowest BCUT2D eigenvalue weighted by atomic mass is 10.0. The summed E-state index contributed by atoms with van der Waals surface area (Å²) in [5, 5.41) is 0. The number of ketones is 2. The van der Waals surface area contributed by atoms with Crippen molar-refractivity contribution < 1.29 is 32.0 Å². The molecule has 6 heteroatoms. The Labute approximate surface area is 181 Å². The highest BCUT2D eigenvalue weighted by molar-refractivity contribution is 5.80. The molecule has 0 aromatic carbocycles. The number of Topliss-reactive ketones (excluding diaryl/α,β-unsaturated/α-hetero) is 2. The van der Waals surface area contributed by atoms with Gasteiger partial charge in [-0.25, -0.2) is 0 Å². The zero-order chi connectivity index (χ0) is 21.3. The van der Waals surface area contributed by atoms with Crippen molar-refractivity contribution in [2.45, 2.75) is 59.8 Å². The molecule has 0 aromatic rings. The van der Waals surface area contributed by atoms with Gasteiger partial charge in [0.25, 0.3) is 0 Å². The highest BCUT2D eigenvalue weighted by Gasteiger charge is 2.09. The van der Waals surface area contributed by atoms with Gasteiger partial charge in [-0.2, -0.15) is 0 Å². The Kier molecular flexibility index (Phi) is 30.5. The third-order valence-corrected chi connectivity index (χ3v) is 3.38. The Balaban J connectivity index is -0.000000103. The molecule has 0 radical (unpaired) electrons. The molecule has 28 heavy (non-hydrogen) atoms. The van der Waals surface area contributed by atoms with Gasteiger partial charge in [0.05, 0.1) is 27.7 Å². The Hall–Kier alpha value is -0.750. The smallest absolute Gasteiger partial charge is 0.135 e. The van der Waals surface area contributed by atoms with Gasteiger partial charge >= 0.3 is 0 Å². The van der Waals surface area contributed by atoms with E-state index in [0.717, 1.165) is 36.7 Å². The third-order valence-electron chi connectivity index (χ3n) is 3.38. The van der Waals surface area contributed by atoms with E-state index >= 15 is 0 Å². The second-order valence-corrected chi connectivity index (χ2v) is 8.88. The summed E-state index contributed by atoms with van der Waals surface area (Å²) in [5.41, 5.74) is 0. The molecule has 0 atom stereocenters. The Morgan fingerprint density at radius 1 is 0.893 bits per heavy atom. The van der Waals surface area contributed by atoms with Crippen LogP contribution in [0, 0.1) is 11.8 Å². The van der Waals surface area contributed by atoms with Crippen molar-refractivity contribution in [2.75, 3.05) is 48.8 Å². The van der Waals surface area contributed by atoms with Gasteiger partial charge in [0, 0.05) is 24.7 Å². The highest BCUT2D eigenvalue weighted by atomic mass is 35.5. The summed E-state index contributed by atoms with van der Waals surface area (Å²) < 4.78 is 0.996. The van der Waals surface area contributed by atoms with Gasteiger partial charge in [-0.3, -0.25) is 9.59 Å². The number of unbranched alkanes of at least 4 members (excludes halogenated alkanes) is 1. The summed E-state index contributed by atoms with van der Waals surface area (Å²) in [4.78, 5) is 24.1. The van der Waals surface area contributed by atoms with Crippen molar-refractivity contribution in [1.82, 2.24) is 4.90 Å². The molecule has 0 aliphatic rings. The summed E-state index contributed by atoms with van der Waals surface area (Å²) in [7, 11) is 12.6. The van der Waals surface area contributed by atoms with Crippen molar-refractivity contribution in [3.05, 3.63) is 12.7 Å². The van der Waals surface area contributed by atoms with E-state index in [1.807, 2.05) is 53.7 Å². The maximum Gasteiger partial charge on any atom is 0.135 e. The first kappa shape index (κ1) is 37.9. The first-order valence-corrected chi connectivity index (χ1v) is 9.82. The number of rotatable bonds is 10. The van der Waals surface area contributed by atoms with Gasteiger partial charge < -0.3 is 27.3 Å². The van der Waals surface area contributed by atoms with E-state index in [1.54, 1.807) is 6.08 Å². The van der Waals surface area contributed by atoms with E-state index < -0.39 is 0 Å². The van der Waals surface area contributed by atoms with E-state index in [-0.39, 0.29) is 29.7 Å². The van der Waals surface area contributed by atoms with E-state index in [1.165, 1.54) is 0 Å². The van der Waals surface area contributed by atoms with Crippen LogP contribution in [0.15, 0.2) is 12.7 Å². The molecule has 0 aromatic heterocycles. The monoisotopic (exact) mass is 423 g/mol. The van der Waals surface area contributed by atoms with E-state index in [0.29, 0.717) is 18.0 Å². The van der Waals surface area contributed by atoms with Gasteiger partial charge in [0.2, 0.25) is 0 Å². The molecule has 0 unspecified atom stereocenters. The average molecular weight is 424 g/mol. The molecule has 5 nitrogen and oxygen atoms in total. The van der Waals surface area contributed by atoms with Crippen LogP contribution < -0.4 is 12.4 Å². The van der Waals surface area contributed by atoms with Crippen LogP contribution in [0.3, 0.4) is 0 Å². The van der Waals surface area contributed by atoms with Crippen LogP contribution in [0.4, 0.5) is 0 Å². The first-order chi connectivity index (χ1) is 11.7. The zero-order valence-electron chi connectivity index (χ0n) is 20.2. The number of carbonyl (C=O) groups excluding carboxylic acids is 2. The molecule has 0 fully saturated rings. The van der Waals surface area contributed by atoms with Crippen molar-refractivity contribution in [1.29, 1.82) is 0 Å². The summed E-state index contributed by atoms with van der Waals surface area (Å²) >= 11 is 0. The fourth-order valence-corrected chi connectivity index (χ4v) is 1.71. The standard InChI is InChI=1S/C11H24NO.C8H14O.C3H9N.ClH.H2O/c1-10(2)11(13)8-6-7-9-12(3,4)5;1-4-5-6-8(9)7(2)3;1-4(2)3;;/h10H,6-9H2,1-5H3;4,7H,1,5-6H2,2-3H3;1-3H3;1H;1H2/q+1;;;;/p-2. The van der Waals surface area contributed by atoms with Crippen LogP contribution in [0.1, 0.15) is 59.8 Å². The molecule has 0 rings (SSSR count). The second kappa shape index (κ2) is 22.5. The molecular weight excluding hydrogens is 376 g/mol. The van der Waals surface area contributed by atoms with Crippen LogP contribution in [0.2, 0.25) is 0 Å². The minimum Gasteiger partial charge on any atom is -1.00 e. The number of allylic oxidation sites excluding steroid dienone is 1. The van der Waals surface area contributed by atoms with E-state index in [9.17, 15) is 9.59 Å². The molecule has 0 saturated heterocycles. The van der Waals surface area contributed by atoms with Crippen molar-refractivity contribution in [3.8, 4) is 0 Å². The predicted molar refractivity (Wildman–Crippen MR) is 117 cm³/mol. The largest absolute Gasteiger partial charge is 1.00 e. The third kappa shape index (κ3) is 40.1. The molecular formula is C22H48ClN2O3-. The quantitative estimate of drug-likeness (QED) is 0.301. The van der Waals surface area contributed by atoms with Gasteiger partial charge in [-0.05, 0) is 40.4 Å². The Morgan fingerprint density at radius 2 is 1.25 bits per heavy atom. The SMILES string of the molecule is C=CCCC(=O)C(C)C.CC(C)C(=O)CCCC[N+](C)(C)C.CN(C)C.[Cl-].[OH-]. The van der Waals surface area contributed by atoms with Crippen LogP contribution in [-0.2, 0) is 9.59 Å². The molecule has 1 N–H and O–H groups in total. The molecule has 172 valence electrons. The summed E-state index contributed by atoms with van der Waals surface area (Å²) in [6.07, 6.45) is 6.21. The van der Waals surface area contributed by atoms with Crippen LogP contribution in [0.25, 0.3) is 0 Å². The van der Waals surface area contributed by atoms with E-state index in [2.05, 4.69) is 27.7 Å². The first-order valence-electron chi connectivity index (χ1n) is 9.82. The summed E-state index contributed by atoms with van der Waals surface area (Å²) in [6, 6.07) is 0. The fourth-order valence-electron chi connectivity index (χ4n) is 1.71. The maximum atomic E-state index is 11.3. The number of hydrogen-bond acceptors (Lipinski definition) is 4. The number of quaternary nitrogens is 1. The summed E-state index contributed by atoms with van der Waals surface area (Å²) in [5.74, 6) is 1.13. The Morgan fingerprint density at radius 3 is 1.54 bits per heavy atom. The molecule has 0 aliphatic carbocycles. The zero-order valence-corrected chi connectivity index (χ0v) is 21.0. The lowest BCUT2D eigenvalue weighted by Gasteiger charge is -2.23. The predicted octanol–water partition coefficient (Wildman–Crippen LogP) is 1.27. The van der Waals surface area contributed by atoms with Crippen molar-refractivity contribution >= 4 is 11.6 Å². The fraction of sp³-hybridized carbons (Fsp3) is 0.818. The minimum atomic E-state index is 0. The van der Waals surface area contributed by atoms with E-state index in [4.69, 9.17) is 0 Å². The molecule has 0 amide bonds. The number of halogens is 1. The maximum absolute atomic E-state index is 11.3.